The molecule has 3 aromatic rings. The molecule has 0 aromatic heterocycles. The van der Waals surface area contributed by atoms with Crippen molar-refractivity contribution < 1.29 is 18.0 Å². The van der Waals surface area contributed by atoms with E-state index in [9.17, 15) is 18.0 Å². The number of alkyl halides is 3. The number of nitrogens with one attached hydrogen (secondary N) is 1. The zero-order chi connectivity index (χ0) is 21.6. The molecule has 0 unspecified atom stereocenters. The van der Waals surface area contributed by atoms with Gasteiger partial charge in [0.05, 0.1) is 5.56 Å². The maximum absolute atomic E-state index is 12.8. The summed E-state index contributed by atoms with van der Waals surface area (Å²) < 4.78 is 38.4. The van der Waals surface area contributed by atoms with E-state index in [-0.39, 0.29) is 0 Å². The van der Waals surface area contributed by atoms with Crippen molar-refractivity contribution in [2.75, 3.05) is 18.4 Å². The van der Waals surface area contributed by atoms with E-state index in [4.69, 9.17) is 0 Å². The van der Waals surface area contributed by atoms with Gasteiger partial charge in [0, 0.05) is 29.9 Å². The molecule has 1 fully saturated rings. The number of rotatable bonds is 3. The average Bonchev–Trinajstić information content (AvgIpc) is 2.77. The van der Waals surface area contributed by atoms with Crippen LogP contribution < -0.4 is 5.32 Å². The number of halogens is 3. The number of carbonyl (C=O) groups is 1. The Morgan fingerprint density at radius 3 is 2.23 bits per heavy atom. The van der Waals surface area contributed by atoms with Crippen molar-refractivity contribution in [3.05, 3.63) is 71.8 Å². The van der Waals surface area contributed by atoms with E-state index >= 15 is 0 Å². The molecule has 0 saturated carbocycles. The minimum absolute atomic E-state index is 0.420. The van der Waals surface area contributed by atoms with Crippen LogP contribution in [0.25, 0.3) is 10.8 Å². The fourth-order valence-corrected chi connectivity index (χ4v) is 3.51. The largest absolute Gasteiger partial charge is 0.416 e. The molecule has 4 rings (SSSR count). The molecular weight excluding hydrogens is 389 g/mol. The van der Waals surface area contributed by atoms with E-state index in [1.807, 2.05) is 48.2 Å². The third-order valence-electron chi connectivity index (χ3n) is 5.15. The van der Waals surface area contributed by atoms with Gasteiger partial charge in [-0.25, -0.2) is 0 Å². The molecule has 0 radical (unpaired) electrons. The van der Waals surface area contributed by atoms with Crippen molar-refractivity contribution in [3.63, 3.8) is 0 Å². The third-order valence-corrected chi connectivity index (χ3v) is 5.15. The lowest BCUT2D eigenvalue weighted by molar-refractivity contribution is -0.137. The van der Waals surface area contributed by atoms with Gasteiger partial charge in [0.1, 0.15) is 0 Å². The van der Waals surface area contributed by atoms with E-state index in [1.165, 1.54) is 25.3 Å². The zero-order valence-corrected chi connectivity index (χ0v) is 16.9. The number of fused-ring (bicyclic) bond motifs is 1. The second kappa shape index (κ2) is 9.65. The van der Waals surface area contributed by atoms with Gasteiger partial charge < -0.3 is 10.2 Å². The zero-order valence-electron chi connectivity index (χ0n) is 16.9. The SMILES string of the molecule is Cc1ccc(Nc2cccc(C(F)(F)F)c2)c2ccccc12.O=CN1CCCCC1. The molecule has 0 aliphatic carbocycles. The molecule has 0 spiro atoms. The van der Waals surface area contributed by atoms with Crippen LogP contribution in [0, 0.1) is 6.92 Å². The van der Waals surface area contributed by atoms with Crippen molar-refractivity contribution in [2.45, 2.75) is 32.4 Å². The van der Waals surface area contributed by atoms with Crippen LogP contribution >= 0.6 is 0 Å². The fourth-order valence-electron chi connectivity index (χ4n) is 3.51. The number of hydrogen-bond acceptors (Lipinski definition) is 2. The molecule has 6 heteroatoms. The maximum atomic E-state index is 12.8. The molecule has 0 bridgehead atoms. The summed E-state index contributed by atoms with van der Waals surface area (Å²) in [5.74, 6) is 0. The number of amides is 1. The Kier molecular flexibility index (Phi) is 6.98. The highest BCUT2D eigenvalue weighted by molar-refractivity contribution is 5.97. The molecule has 3 nitrogen and oxygen atoms in total. The van der Waals surface area contributed by atoms with Gasteiger partial charge in [-0.05, 0) is 61.4 Å². The fraction of sp³-hybridized carbons (Fsp3) is 0.292. The van der Waals surface area contributed by atoms with E-state index in [0.717, 1.165) is 53.7 Å². The summed E-state index contributed by atoms with van der Waals surface area (Å²) in [6.07, 6.45) is 0.286. The summed E-state index contributed by atoms with van der Waals surface area (Å²) in [6, 6.07) is 16.9. The van der Waals surface area contributed by atoms with Gasteiger partial charge >= 0.3 is 6.18 Å². The molecule has 1 saturated heterocycles. The highest BCUT2D eigenvalue weighted by Gasteiger charge is 2.30. The molecule has 1 aliphatic heterocycles. The Morgan fingerprint density at radius 2 is 1.60 bits per heavy atom. The standard InChI is InChI=1S/C18H14F3N.C6H11NO/c1-12-9-10-17(16-8-3-2-7-15(12)16)22-14-6-4-5-13(11-14)18(19,20)21;8-6-7-4-2-1-3-5-7/h2-11,22H,1H3;6H,1-5H2. The first-order valence-electron chi connectivity index (χ1n) is 10.0. The minimum Gasteiger partial charge on any atom is -0.355 e. The van der Waals surface area contributed by atoms with E-state index in [2.05, 4.69) is 5.32 Å². The lowest BCUT2D eigenvalue weighted by atomic mass is 10.0. The predicted octanol–water partition coefficient (Wildman–Crippen LogP) is 6.54. The predicted molar refractivity (Wildman–Crippen MR) is 115 cm³/mol. The lowest BCUT2D eigenvalue weighted by Gasteiger charge is -2.21. The van der Waals surface area contributed by atoms with Gasteiger partial charge in [0.15, 0.2) is 0 Å². The summed E-state index contributed by atoms with van der Waals surface area (Å²) >= 11 is 0. The van der Waals surface area contributed by atoms with E-state index < -0.39 is 11.7 Å². The smallest absolute Gasteiger partial charge is 0.355 e. The van der Waals surface area contributed by atoms with E-state index in [1.54, 1.807) is 6.07 Å². The van der Waals surface area contributed by atoms with Crippen LogP contribution in [-0.4, -0.2) is 24.4 Å². The Hall–Kier alpha value is -3.02. The van der Waals surface area contributed by atoms with Gasteiger partial charge in [-0.15, -0.1) is 0 Å². The number of aryl methyl sites for hydroxylation is 1. The highest BCUT2D eigenvalue weighted by Crippen LogP contribution is 2.33. The number of carbonyl (C=O) groups excluding carboxylic acids is 1. The Balaban J connectivity index is 0.000000269. The molecular formula is C24H25F3N2O. The number of benzene rings is 3. The number of likely N-dealkylation sites (tertiary alicyclic amines) is 1. The highest BCUT2D eigenvalue weighted by atomic mass is 19.4. The second-order valence-corrected chi connectivity index (χ2v) is 7.38. The van der Waals surface area contributed by atoms with Crippen molar-refractivity contribution in [2.24, 2.45) is 0 Å². The molecule has 1 N–H and O–H groups in total. The normalized spacial score (nSPS) is 14.1. The van der Waals surface area contributed by atoms with Crippen LogP contribution in [0.2, 0.25) is 0 Å². The molecule has 1 aliphatic rings. The number of nitrogens with zero attached hydrogens (tertiary/aromatic N) is 1. The Labute approximate surface area is 174 Å². The van der Waals surface area contributed by atoms with Crippen LogP contribution in [-0.2, 0) is 11.0 Å². The summed E-state index contributed by atoms with van der Waals surface area (Å²) in [5, 5.41) is 5.16. The molecule has 158 valence electrons. The first kappa shape index (κ1) is 21.7. The summed E-state index contributed by atoms with van der Waals surface area (Å²) in [6.45, 7) is 3.96. The molecule has 0 atom stereocenters. The van der Waals surface area contributed by atoms with Crippen molar-refractivity contribution in [1.82, 2.24) is 4.90 Å². The molecule has 1 heterocycles. The van der Waals surface area contributed by atoms with Crippen LogP contribution in [0.3, 0.4) is 0 Å². The topological polar surface area (TPSA) is 32.3 Å². The number of piperidine rings is 1. The third kappa shape index (κ3) is 5.53. The van der Waals surface area contributed by atoms with Crippen LogP contribution in [0.1, 0.15) is 30.4 Å². The first-order chi connectivity index (χ1) is 14.4. The number of anilines is 2. The summed E-state index contributed by atoms with van der Waals surface area (Å²) in [7, 11) is 0. The quantitative estimate of drug-likeness (QED) is 0.494. The monoisotopic (exact) mass is 414 g/mol. The minimum atomic E-state index is -4.34. The van der Waals surface area contributed by atoms with Gasteiger partial charge in [-0.3, -0.25) is 4.79 Å². The van der Waals surface area contributed by atoms with Gasteiger partial charge in [0.25, 0.3) is 0 Å². The van der Waals surface area contributed by atoms with Gasteiger partial charge in [-0.2, -0.15) is 13.2 Å². The lowest BCUT2D eigenvalue weighted by Crippen LogP contribution is -2.27. The molecule has 3 aromatic carbocycles. The molecule has 1 amide bonds. The number of hydrogen-bond donors (Lipinski definition) is 1. The summed E-state index contributed by atoms with van der Waals surface area (Å²) in [5.41, 5.74) is 1.68. The first-order valence-corrected chi connectivity index (χ1v) is 10.0. The van der Waals surface area contributed by atoms with Gasteiger partial charge in [0.2, 0.25) is 6.41 Å². The Morgan fingerprint density at radius 1 is 0.900 bits per heavy atom. The second-order valence-electron chi connectivity index (χ2n) is 7.38. The van der Waals surface area contributed by atoms with Crippen molar-refractivity contribution >= 4 is 28.6 Å². The van der Waals surface area contributed by atoms with Crippen LogP contribution in [0.4, 0.5) is 24.5 Å². The average molecular weight is 414 g/mol. The summed E-state index contributed by atoms with van der Waals surface area (Å²) in [4.78, 5) is 11.9. The van der Waals surface area contributed by atoms with Crippen molar-refractivity contribution in [1.29, 1.82) is 0 Å². The Bertz CT molecular complexity index is 995. The van der Waals surface area contributed by atoms with Crippen molar-refractivity contribution in [3.8, 4) is 0 Å². The van der Waals surface area contributed by atoms with Crippen LogP contribution in [0.15, 0.2) is 60.7 Å². The van der Waals surface area contributed by atoms with Crippen LogP contribution in [0.5, 0.6) is 0 Å². The molecule has 30 heavy (non-hydrogen) atoms. The maximum Gasteiger partial charge on any atom is 0.416 e. The van der Waals surface area contributed by atoms with E-state index in [0.29, 0.717) is 5.69 Å². The van der Waals surface area contributed by atoms with Gasteiger partial charge in [-0.1, -0.05) is 36.4 Å².